The highest BCUT2D eigenvalue weighted by molar-refractivity contribution is 6.31. The summed E-state index contributed by atoms with van der Waals surface area (Å²) < 4.78 is 12.9. The van der Waals surface area contributed by atoms with Gasteiger partial charge in [-0.2, -0.15) is 0 Å². The van der Waals surface area contributed by atoms with E-state index in [4.69, 9.17) is 26.1 Å². The van der Waals surface area contributed by atoms with E-state index in [1.807, 2.05) is 30.2 Å². The lowest BCUT2D eigenvalue weighted by Gasteiger charge is -2.26. The molecular weight excluding hydrogens is 414 g/mol. The van der Waals surface area contributed by atoms with Crippen molar-refractivity contribution in [2.24, 2.45) is 0 Å². The topological polar surface area (TPSA) is 56.6 Å². The first-order chi connectivity index (χ1) is 15.0. The van der Waals surface area contributed by atoms with Gasteiger partial charge in [-0.05, 0) is 55.7 Å². The largest absolute Gasteiger partial charge is 0.497 e. The number of aromatic nitrogens is 2. The molecular formula is C24H26ClN3O3. The molecule has 2 heterocycles. The number of imidazole rings is 1. The Kier molecular flexibility index (Phi) is 6.18. The number of halogens is 1. The third-order valence-corrected chi connectivity index (χ3v) is 6.02. The van der Waals surface area contributed by atoms with Gasteiger partial charge in [0.25, 0.3) is 5.91 Å². The van der Waals surface area contributed by atoms with Crippen LogP contribution in [0.2, 0.25) is 5.02 Å². The van der Waals surface area contributed by atoms with Crippen LogP contribution in [-0.2, 0) is 6.54 Å². The van der Waals surface area contributed by atoms with Crippen LogP contribution in [0.25, 0.3) is 0 Å². The smallest absolute Gasteiger partial charge is 0.258 e. The van der Waals surface area contributed by atoms with Crippen LogP contribution in [0.15, 0.2) is 48.7 Å². The van der Waals surface area contributed by atoms with Crippen LogP contribution in [0.3, 0.4) is 0 Å². The van der Waals surface area contributed by atoms with Crippen LogP contribution < -0.4 is 9.47 Å². The molecule has 0 radical (unpaired) electrons. The third-order valence-electron chi connectivity index (χ3n) is 5.79. The van der Waals surface area contributed by atoms with E-state index in [0.717, 1.165) is 35.7 Å². The van der Waals surface area contributed by atoms with Crippen LogP contribution in [0.1, 0.15) is 46.3 Å². The summed E-state index contributed by atoms with van der Waals surface area (Å²) in [6, 6.07) is 13.1. The number of amides is 1. The second-order valence-electron chi connectivity index (χ2n) is 7.69. The Hall–Kier alpha value is -2.99. The fourth-order valence-electron chi connectivity index (χ4n) is 4.15. The Balaban J connectivity index is 1.63. The van der Waals surface area contributed by atoms with E-state index < -0.39 is 0 Å². The number of hydrogen-bond acceptors (Lipinski definition) is 4. The number of likely N-dealkylation sites (tertiary alicyclic amines) is 1. The van der Waals surface area contributed by atoms with E-state index in [9.17, 15) is 4.79 Å². The average molecular weight is 440 g/mol. The van der Waals surface area contributed by atoms with E-state index in [1.54, 1.807) is 32.4 Å². The average Bonchev–Trinajstić information content (AvgIpc) is 3.40. The van der Waals surface area contributed by atoms with E-state index in [-0.39, 0.29) is 11.9 Å². The molecule has 162 valence electrons. The van der Waals surface area contributed by atoms with Crippen molar-refractivity contribution in [1.29, 1.82) is 0 Å². The van der Waals surface area contributed by atoms with Gasteiger partial charge in [-0.15, -0.1) is 0 Å². The monoisotopic (exact) mass is 439 g/mol. The standard InChI is InChI=1S/C24H26ClN3O3/c1-16-14-26-23(28(16)15-17-6-9-19(30-2)10-7-17)21-5-4-12-27(21)24(29)20-13-18(25)8-11-22(20)31-3/h6-11,13-14,21H,4-5,12,15H2,1-3H3. The maximum absolute atomic E-state index is 13.4. The molecule has 2 aromatic carbocycles. The molecule has 1 saturated heterocycles. The number of rotatable bonds is 6. The van der Waals surface area contributed by atoms with Crippen molar-refractivity contribution in [1.82, 2.24) is 14.5 Å². The van der Waals surface area contributed by atoms with Crippen LogP contribution in [-0.4, -0.2) is 41.1 Å². The van der Waals surface area contributed by atoms with Crippen LogP contribution in [0.4, 0.5) is 0 Å². The minimum Gasteiger partial charge on any atom is -0.497 e. The van der Waals surface area contributed by atoms with E-state index in [1.165, 1.54) is 0 Å². The Labute approximate surface area is 187 Å². The maximum Gasteiger partial charge on any atom is 0.258 e. The van der Waals surface area contributed by atoms with Crippen molar-refractivity contribution in [3.05, 3.63) is 76.3 Å². The highest BCUT2D eigenvalue weighted by atomic mass is 35.5. The molecule has 4 rings (SSSR count). The minimum absolute atomic E-state index is 0.0847. The molecule has 1 aromatic heterocycles. The van der Waals surface area contributed by atoms with Gasteiger partial charge in [-0.1, -0.05) is 23.7 Å². The molecule has 31 heavy (non-hydrogen) atoms. The van der Waals surface area contributed by atoms with Gasteiger partial charge in [-0.25, -0.2) is 4.98 Å². The van der Waals surface area contributed by atoms with Crippen LogP contribution in [0, 0.1) is 6.92 Å². The second kappa shape index (κ2) is 9.02. The lowest BCUT2D eigenvalue weighted by Crippen LogP contribution is -2.32. The van der Waals surface area contributed by atoms with Crippen molar-refractivity contribution in [2.75, 3.05) is 20.8 Å². The predicted molar refractivity (Wildman–Crippen MR) is 120 cm³/mol. The second-order valence-corrected chi connectivity index (χ2v) is 8.13. The molecule has 1 aliphatic heterocycles. The van der Waals surface area contributed by atoms with Gasteiger partial charge in [0.05, 0.1) is 25.8 Å². The normalized spacial score (nSPS) is 15.9. The highest BCUT2D eigenvalue weighted by Crippen LogP contribution is 2.35. The van der Waals surface area contributed by atoms with Crippen molar-refractivity contribution in [2.45, 2.75) is 32.4 Å². The van der Waals surface area contributed by atoms with Gasteiger partial charge in [-0.3, -0.25) is 4.79 Å². The first kappa shape index (κ1) is 21.2. The number of ether oxygens (including phenoxy) is 2. The summed E-state index contributed by atoms with van der Waals surface area (Å²) in [5, 5.41) is 0.511. The first-order valence-corrected chi connectivity index (χ1v) is 10.7. The van der Waals surface area contributed by atoms with Crippen molar-refractivity contribution in [3.63, 3.8) is 0 Å². The molecule has 1 unspecified atom stereocenters. The fraction of sp³-hybridized carbons (Fsp3) is 0.333. The summed E-state index contributed by atoms with van der Waals surface area (Å²) in [5.74, 6) is 2.17. The van der Waals surface area contributed by atoms with Gasteiger partial charge in [0.1, 0.15) is 17.3 Å². The molecule has 0 spiro atoms. The molecule has 7 heteroatoms. The lowest BCUT2D eigenvalue weighted by molar-refractivity contribution is 0.0724. The Morgan fingerprint density at radius 3 is 2.65 bits per heavy atom. The highest BCUT2D eigenvalue weighted by Gasteiger charge is 2.35. The van der Waals surface area contributed by atoms with Crippen molar-refractivity contribution in [3.8, 4) is 11.5 Å². The summed E-state index contributed by atoms with van der Waals surface area (Å²) in [4.78, 5) is 20.0. The van der Waals surface area contributed by atoms with Gasteiger partial charge < -0.3 is 18.9 Å². The van der Waals surface area contributed by atoms with Crippen molar-refractivity contribution >= 4 is 17.5 Å². The van der Waals surface area contributed by atoms with Crippen LogP contribution >= 0.6 is 11.6 Å². The Morgan fingerprint density at radius 2 is 1.94 bits per heavy atom. The van der Waals surface area contributed by atoms with E-state index >= 15 is 0 Å². The quantitative estimate of drug-likeness (QED) is 0.548. The summed E-state index contributed by atoms with van der Waals surface area (Å²) in [6.07, 6.45) is 3.67. The van der Waals surface area contributed by atoms with E-state index in [2.05, 4.69) is 16.7 Å². The molecule has 1 amide bonds. The zero-order valence-corrected chi connectivity index (χ0v) is 18.7. The van der Waals surface area contributed by atoms with E-state index in [0.29, 0.717) is 29.4 Å². The maximum atomic E-state index is 13.4. The van der Waals surface area contributed by atoms with Gasteiger partial charge >= 0.3 is 0 Å². The lowest BCUT2D eigenvalue weighted by atomic mass is 10.1. The zero-order valence-electron chi connectivity index (χ0n) is 18.0. The molecule has 3 aromatic rings. The molecule has 0 saturated carbocycles. The SMILES string of the molecule is COc1ccc(Cn2c(C)cnc2C2CCCN2C(=O)c2cc(Cl)ccc2OC)cc1. The third kappa shape index (κ3) is 4.26. The molecule has 1 fully saturated rings. The summed E-state index contributed by atoms with van der Waals surface area (Å²) >= 11 is 6.17. The summed E-state index contributed by atoms with van der Waals surface area (Å²) in [6.45, 7) is 3.40. The summed E-state index contributed by atoms with van der Waals surface area (Å²) in [5.41, 5.74) is 2.69. The molecule has 0 bridgehead atoms. The molecule has 6 nitrogen and oxygen atoms in total. The molecule has 0 aliphatic carbocycles. The number of hydrogen-bond donors (Lipinski definition) is 0. The Morgan fingerprint density at radius 1 is 1.16 bits per heavy atom. The number of methoxy groups -OCH3 is 2. The first-order valence-electron chi connectivity index (χ1n) is 10.3. The number of benzene rings is 2. The fourth-order valence-corrected chi connectivity index (χ4v) is 4.32. The van der Waals surface area contributed by atoms with Gasteiger partial charge in [0, 0.05) is 30.0 Å². The minimum atomic E-state index is -0.0943. The molecule has 0 N–H and O–H groups in total. The summed E-state index contributed by atoms with van der Waals surface area (Å²) in [7, 11) is 3.22. The molecule has 1 aliphatic rings. The zero-order chi connectivity index (χ0) is 22.0. The number of carbonyl (C=O) groups excluding carboxylic acids is 1. The Bertz CT molecular complexity index is 1080. The number of nitrogens with zero attached hydrogens (tertiary/aromatic N) is 3. The number of carbonyl (C=O) groups is 1. The predicted octanol–water partition coefficient (Wildman–Crippen LogP) is 4.89. The van der Waals surface area contributed by atoms with Crippen LogP contribution in [0.5, 0.6) is 11.5 Å². The van der Waals surface area contributed by atoms with Crippen molar-refractivity contribution < 1.29 is 14.3 Å². The van der Waals surface area contributed by atoms with Gasteiger partial charge in [0.15, 0.2) is 0 Å². The molecule has 1 atom stereocenters. The number of aryl methyl sites for hydroxylation is 1. The van der Waals surface area contributed by atoms with Gasteiger partial charge in [0.2, 0.25) is 0 Å².